The summed E-state index contributed by atoms with van der Waals surface area (Å²) < 4.78 is 0. The Morgan fingerprint density at radius 3 is 2.62 bits per heavy atom. The third-order valence-electron chi connectivity index (χ3n) is 3.26. The van der Waals surface area contributed by atoms with Gasteiger partial charge in [-0.2, -0.15) is 0 Å². The van der Waals surface area contributed by atoms with Crippen LogP contribution in [0.3, 0.4) is 0 Å². The van der Waals surface area contributed by atoms with Crippen molar-refractivity contribution in [1.82, 2.24) is 4.90 Å². The summed E-state index contributed by atoms with van der Waals surface area (Å²) in [7, 11) is 0. The van der Waals surface area contributed by atoms with Crippen molar-refractivity contribution in [2.24, 2.45) is 5.92 Å². The summed E-state index contributed by atoms with van der Waals surface area (Å²) in [4.78, 5) is 12.9. The third kappa shape index (κ3) is 2.42. The number of aliphatic carboxylic acids is 1. The SMILES string of the molecule is C[C@H](Cc1ccccc1)N1CC(C(=O)O)C1. The van der Waals surface area contributed by atoms with Crippen LogP contribution in [-0.2, 0) is 11.2 Å². The highest BCUT2D eigenvalue weighted by Gasteiger charge is 2.34. The molecule has 16 heavy (non-hydrogen) atoms. The Kier molecular flexibility index (Phi) is 3.25. The van der Waals surface area contributed by atoms with E-state index in [1.807, 2.05) is 18.2 Å². The number of carbonyl (C=O) groups is 1. The van der Waals surface area contributed by atoms with Crippen LogP contribution >= 0.6 is 0 Å². The molecule has 86 valence electrons. The smallest absolute Gasteiger partial charge is 0.309 e. The third-order valence-corrected chi connectivity index (χ3v) is 3.26. The summed E-state index contributed by atoms with van der Waals surface area (Å²) in [6.45, 7) is 3.55. The van der Waals surface area contributed by atoms with Crippen LogP contribution in [0.25, 0.3) is 0 Å². The van der Waals surface area contributed by atoms with E-state index in [2.05, 4.69) is 24.0 Å². The molecule has 0 amide bonds. The van der Waals surface area contributed by atoms with Gasteiger partial charge in [0.05, 0.1) is 5.92 Å². The first-order chi connectivity index (χ1) is 7.66. The molecule has 0 spiro atoms. The maximum Gasteiger partial charge on any atom is 0.309 e. The van der Waals surface area contributed by atoms with Crippen LogP contribution < -0.4 is 0 Å². The van der Waals surface area contributed by atoms with E-state index >= 15 is 0 Å². The quantitative estimate of drug-likeness (QED) is 0.836. The summed E-state index contributed by atoms with van der Waals surface area (Å²) in [6, 6.07) is 10.8. The van der Waals surface area contributed by atoms with Crippen LogP contribution in [0.5, 0.6) is 0 Å². The second-order valence-corrected chi connectivity index (χ2v) is 4.53. The van der Waals surface area contributed by atoms with Gasteiger partial charge in [-0.25, -0.2) is 0 Å². The van der Waals surface area contributed by atoms with Gasteiger partial charge in [-0.15, -0.1) is 0 Å². The fourth-order valence-corrected chi connectivity index (χ4v) is 2.11. The number of benzene rings is 1. The van der Waals surface area contributed by atoms with Gasteiger partial charge >= 0.3 is 5.97 Å². The Bertz CT molecular complexity index is 357. The van der Waals surface area contributed by atoms with Gasteiger partial charge in [0.2, 0.25) is 0 Å². The number of likely N-dealkylation sites (tertiary alicyclic amines) is 1. The molecule has 1 aromatic rings. The van der Waals surface area contributed by atoms with Crippen molar-refractivity contribution in [2.75, 3.05) is 13.1 Å². The molecule has 3 nitrogen and oxygen atoms in total. The fraction of sp³-hybridized carbons (Fsp3) is 0.462. The molecule has 1 N–H and O–H groups in total. The maximum absolute atomic E-state index is 10.7. The molecule has 1 heterocycles. The number of carboxylic acid groups (broad SMARTS) is 1. The second-order valence-electron chi connectivity index (χ2n) is 4.53. The lowest BCUT2D eigenvalue weighted by molar-refractivity contribution is -0.148. The fourth-order valence-electron chi connectivity index (χ4n) is 2.11. The van der Waals surface area contributed by atoms with Crippen molar-refractivity contribution in [1.29, 1.82) is 0 Å². The Labute approximate surface area is 95.7 Å². The van der Waals surface area contributed by atoms with Gasteiger partial charge in [0.15, 0.2) is 0 Å². The molecule has 0 saturated carbocycles. The Balaban J connectivity index is 1.82. The lowest BCUT2D eigenvalue weighted by Gasteiger charge is -2.41. The van der Waals surface area contributed by atoms with Gasteiger partial charge in [-0.3, -0.25) is 9.69 Å². The van der Waals surface area contributed by atoms with Gasteiger partial charge in [-0.1, -0.05) is 30.3 Å². The molecule has 1 atom stereocenters. The average molecular weight is 219 g/mol. The summed E-state index contributed by atoms with van der Waals surface area (Å²) >= 11 is 0. The highest BCUT2D eigenvalue weighted by atomic mass is 16.4. The topological polar surface area (TPSA) is 40.5 Å². The lowest BCUT2D eigenvalue weighted by atomic mass is 9.95. The summed E-state index contributed by atoms with van der Waals surface area (Å²) in [5.74, 6) is -0.818. The molecule has 1 aromatic carbocycles. The predicted octanol–water partition coefficient (Wildman–Crippen LogP) is 1.63. The number of hydrogen-bond donors (Lipinski definition) is 1. The van der Waals surface area contributed by atoms with E-state index in [0.29, 0.717) is 19.1 Å². The summed E-state index contributed by atoms with van der Waals surface area (Å²) in [6.07, 6.45) is 0.993. The molecular weight excluding hydrogens is 202 g/mol. The average Bonchev–Trinajstić information content (AvgIpc) is 2.15. The molecule has 0 bridgehead atoms. The first kappa shape index (κ1) is 11.1. The van der Waals surface area contributed by atoms with Crippen molar-refractivity contribution >= 4 is 5.97 Å². The highest BCUT2D eigenvalue weighted by molar-refractivity contribution is 5.71. The minimum absolute atomic E-state index is 0.154. The molecule has 0 radical (unpaired) electrons. The molecule has 1 aliphatic rings. The molecule has 0 unspecified atom stereocenters. The molecule has 0 aromatic heterocycles. The maximum atomic E-state index is 10.7. The van der Waals surface area contributed by atoms with E-state index in [1.54, 1.807) is 0 Å². The van der Waals surface area contributed by atoms with Crippen LogP contribution in [0.1, 0.15) is 12.5 Å². The monoisotopic (exact) mass is 219 g/mol. The zero-order chi connectivity index (χ0) is 11.5. The van der Waals surface area contributed by atoms with E-state index < -0.39 is 5.97 Å². The standard InChI is InChI=1S/C13H17NO2/c1-10(7-11-5-3-2-4-6-11)14-8-12(9-14)13(15)16/h2-6,10,12H,7-9H2,1H3,(H,15,16)/t10-/m1/s1. The molecule has 3 heteroatoms. The predicted molar refractivity (Wildman–Crippen MR) is 62.3 cm³/mol. The molecular formula is C13H17NO2. The molecule has 0 aliphatic carbocycles. The number of carboxylic acids is 1. The van der Waals surface area contributed by atoms with E-state index in [1.165, 1.54) is 5.56 Å². The van der Waals surface area contributed by atoms with Crippen LogP contribution in [0, 0.1) is 5.92 Å². The van der Waals surface area contributed by atoms with Crippen molar-refractivity contribution < 1.29 is 9.90 Å². The van der Waals surface area contributed by atoms with Gasteiger partial charge < -0.3 is 5.11 Å². The highest BCUT2D eigenvalue weighted by Crippen LogP contribution is 2.20. The van der Waals surface area contributed by atoms with Crippen LogP contribution in [0.15, 0.2) is 30.3 Å². The summed E-state index contributed by atoms with van der Waals surface area (Å²) in [5, 5.41) is 8.80. The summed E-state index contributed by atoms with van der Waals surface area (Å²) in [5.41, 5.74) is 1.31. The Morgan fingerprint density at radius 1 is 1.44 bits per heavy atom. The lowest BCUT2D eigenvalue weighted by Crippen LogP contribution is -2.54. The molecule has 1 fully saturated rings. The van der Waals surface area contributed by atoms with Gasteiger partial charge in [-0.05, 0) is 18.9 Å². The van der Waals surface area contributed by atoms with Gasteiger partial charge in [0.25, 0.3) is 0 Å². The van der Waals surface area contributed by atoms with Crippen LogP contribution in [0.2, 0.25) is 0 Å². The normalized spacial score (nSPS) is 19.1. The van der Waals surface area contributed by atoms with Crippen molar-refractivity contribution in [3.8, 4) is 0 Å². The molecule has 2 rings (SSSR count). The second kappa shape index (κ2) is 4.66. The van der Waals surface area contributed by atoms with Crippen molar-refractivity contribution in [2.45, 2.75) is 19.4 Å². The Morgan fingerprint density at radius 2 is 2.06 bits per heavy atom. The van der Waals surface area contributed by atoms with E-state index in [4.69, 9.17) is 5.11 Å². The van der Waals surface area contributed by atoms with Crippen LogP contribution in [0.4, 0.5) is 0 Å². The largest absolute Gasteiger partial charge is 0.481 e. The van der Waals surface area contributed by atoms with E-state index in [-0.39, 0.29) is 5.92 Å². The first-order valence-corrected chi connectivity index (χ1v) is 5.67. The zero-order valence-corrected chi connectivity index (χ0v) is 9.47. The van der Waals surface area contributed by atoms with E-state index in [9.17, 15) is 4.79 Å². The van der Waals surface area contributed by atoms with Gasteiger partial charge in [0, 0.05) is 19.1 Å². The Hall–Kier alpha value is -1.35. The first-order valence-electron chi connectivity index (χ1n) is 5.67. The van der Waals surface area contributed by atoms with Gasteiger partial charge in [0.1, 0.15) is 0 Å². The minimum atomic E-state index is -0.664. The van der Waals surface area contributed by atoms with E-state index in [0.717, 1.165) is 6.42 Å². The van der Waals surface area contributed by atoms with Crippen LogP contribution in [-0.4, -0.2) is 35.1 Å². The number of rotatable bonds is 4. The molecule has 1 aliphatic heterocycles. The minimum Gasteiger partial charge on any atom is -0.481 e. The number of hydrogen-bond acceptors (Lipinski definition) is 2. The van der Waals surface area contributed by atoms with Crippen molar-refractivity contribution in [3.63, 3.8) is 0 Å². The number of nitrogens with zero attached hydrogens (tertiary/aromatic N) is 1. The zero-order valence-electron chi connectivity index (χ0n) is 9.47. The molecule has 1 saturated heterocycles. The van der Waals surface area contributed by atoms with Crippen molar-refractivity contribution in [3.05, 3.63) is 35.9 Å².